The number of aliphatic imine (C=N–C) groups is 3. The molecule has 15 rings (SSSR count). The van der Waals surface area contributed by atoms with Crippen LogP contribution in [-0.4, -0.2) is 54.3 Å². The second kappa shape index (κ2) is 59.3. The Morgan fingerprint density at radius 2 is 0.469 bits per heavy atom. The molecule has 2 aromatic heterocycles. The number of nitrogens with zero attached hydrogens (tertiary/aromatic N) is 10. The van der Waals surface area contributed by atoms with Crippen molar-refractivity contribution in [3.8, 4) is 22.7 Å². The maximum absolute atomic E-state index is 11.5. The first-order valence-corrected chi connectivity index (χ1v) is 47.5. The molecule has 0 aliphatic heterocycles. The van der Waals surface area contributed by atoms with Crippen molar-refractivity contribution < 1.29 is 51.7 Å². The van der Waals surface area contributed by atoms with Crippen molar-refractivity contribution >= 4 is 11.8 Å². The summed E-state index contributed by atoms with van der Waals surface area (Å²) < 4.78 is 7.86. The summed E-state index contributed by atoms with van der Waals surface area (Å²) in [4.78, 5) is 13.7. The van der Waals surface area contributed by atoms with Gasteiger partial charge in [-0.15, -0.1) is 60.7 Å². The molecule has 9 aromatic carbocycles. The molecule has 128 heavy (non-hydrogen) atoms. The quantitative estimate of drug-likeness (QED) is 0.0397. The third kappa shape index (κ3) is 36.7. The molecule has 676 valence electrons. The van der Waals surface area contributed by atoms with E-state index in [4.69, 9.17) is 10.3 Å². The first-order valence-electron chi connectivity index (χ1n) is 47.5. The Morgan fingerprint density at radius 1 is 0.281 bits per heavy atom. The van der Waals surface area contributed by atoms with E-state index < -0.39 is 0 Å². The number of imidazole rings is 2. The number of hydrogen-bond acceptors (Lipinski definition) is 3. The zero-order chi connectivity index (χ0) is 91.5. The van der Waals surface area contributed by atoms with Gasteiger partial charge in [-0.3, -0.25) is 0 Å². The van der Waals surface area contributed by atoms with Crippen LogP contribution in [-0.2, 0) is 51.7 Å². The first-order chi connectivity index (χ1) is 60.6. The van der Waals surface area contributed by atoms with Gasteiger partial charge < -0.3 is 39.4 Å². The van der Waals surface area contributed by atoms with Crippen molar-refractivity contribution in [1.82, 2.24) is 18.3 Å². The third-order valence-electron chi connectivity index (χ3n) is 23.7. The van der Waals surface area contributed by atoms with Crippen LogP contribution in [0.15, 0.2) is 264 Å². The Hall–Kier alpha value is -9.06. The number of benzene rings is 9. The summed E-state index contributed by atoms with van der Waals surface area (Å²) in [7, 11) is 0. The molecule has 4 aliphatic carbocycles. The van der Waals surface area contributed by atoms with Crippen LogP contribution in [0.5, 0.6) is 0 Å². The second-order valence-corrected chi connectivity index (χ2v) is 36.8. The van der Waals surface area contributed by atoms with Crippen LogP contribution in [0.3, 0.4) is 0 Å². The zero-order valence-electron chi connectivity index (χ0n) is 81.2. The summed E-state index contributed by atoms with van der Waals surface area (Å²) in [5.74, 6) is 3.98. The predicted octanol–water partition coefficient (Wildman–Crippen LogP) is 32.1. The molecule has 11 aromatic rings. The summed E-state index contributed by atoms with van der Waals surface area (Å²) in [6.07, 6.45) is 34.7. The minimum atomic E-state index is 0. The summed E-state index contributed by atoms with van der Waals surface area (Å²) in [6, 6.07) is 80.5. The average Bonchev–Trinajstić information content (AvgIpc) is 1.55. The van der Waals surface area contributed by atoms with Crippen LogP contribution in [0.2, 0.25) is 0 Å². The van der Waals surface area contributed by atoms with Gasteiger partial charge in [0.15, 0.2) is 0 Å². The molecular weight excluding hydrogens is 1890 g/mol. The Kier molecular flexibility index (Phi) is 50.7. The van der Waals surface area contributed by atoms with Crippen LogP contribution in [0.1, 0.15) is 366 Å². The van der Waals surface area contributed by atoms with Crippen molar-refractivity contribution in [2.24, 2.45) is 15.0 Å². The summed E-state index contributed by atoms with van der Waals surface area (Å²) in [6.45, 7) is 56.1. The Morgan fingerprint density at radius 3 is 0.648 bits per heavy atom. The van der Waals surface area contributed by atoms with Gasteiger partial charge in [-0.1, -0.05) is 322 Å². The van der Waals surface area contributed by atoms with Gasteiger partial charge in [-0.25, -0.2) is 9.98 Å². The second-order valence-electron chi connectivity index (χ2n) is 36.8. The number of aromatic nitrogens is 4. The van der Waals surface area contributed by atoms with Crippen molar-refractivity contribution in [3.05, 3.63) is 384 Å². The van der Waals surface area contributed by atoms with Gasteiger partial charge in [0.05, 0.1) is 18.1 Å². The normalized spacial score (nSPS) is 14.1. The molecule has 0 unspecified atom stereocenters. The molecule has 0 saturated heterocycles. The fourth-order valence-corrected chi connectivity index (χ4v) is 16.6. The molecule has 0 N–H and O–H groups in total. The van der Waals surface area contributed by atoms with Crippen molar-refractivity contribution in [2.75, 3.05) is 0 Å². The van der Waals surface area contributed by atoms with Crippen LogP contribution < -0.4 is 11.2 Å². The maximum atomic E-state index is 11.5. The monoisotopic (exact) mass is 2050 g/mol. The minimum Gasteiger partial charge on any atom is -0.466 e. The maximum Gasteiger partial charge on any atom is 4.00 e. The van der Waals surface area contributed by atoms with E-state index in [2.05, 4.69) is 241 Å². The molecule has 0 atom stereocenters. The Bertz CT molecular complexity index is 4380. The smallest absolute Gasteiger partial charge is 0.466 e. The van der Waals surface area contributed by atoms with Gasteiger partial charge in [-0.2, -0.15) is 123 Å². The SMILES string of the molecule is C(=NC1CCCCC1)=NC1CCCCC1.CC(=NC1CCCCC1)[N-]C1CCCCC1.CC(C)c1cccc(C(C)C)c1-n1ccn(-c2c(C(C)C)cccc2C(C)C)c1=[N-].CC(C)c1cccc(C(C)C)c1-n1ccn(-c2c(C(C)C)cccc2C(C)C)c1=[N-].[CH2-]c1ccccc1.[CH2-]c1ccccc1.[CH2-]c1ccccc1.[CH2-]c1ccccc1.[CH2-]c1ccccc1.[Hf+4].[Hf+4]. The fourth-order valence-electron chi connectivity index (χ4n) is 16.6. The fraction of sp³-hybridized carbons (Fsp3) is 0.422. The Balaban J connectivity index is 0.000000272. The third-order valence-corrected chi connectivity index (χ3v) is 23.7. The molecule has 4 saturated carbocycles. The van der Waals surface area contributed by atoms with Crippen LogP contribution in [0.25, 0.3) is 38.9 Å². The predicted molar refractivity (Wildman–Crippen MR) is 544 cm³/mol. The average molecular weight is 2050 g/mol. The number of hydrogen-bond donors (Lipinski definition) is 0. The Labute approximate surface area is 814 Å². The van der Waals surface area contributed by atoms with E-state index in [0.717, 1.165) is 56.4 Å². The van der Waals surface area contributed by atoms with Gasteiger partial charge in [-0.05, 0) is 184 Å². The van der Waals surface area contributed by atoms with Crippen LogP contribution in [0, 0.1) is 34.6 Å². The summed E-state index contributed by atoms with van der Waals surface area (Å²) in [5, 5.41) is 27.8. The van der Waals surface area contributed by atoms with E-state index in [1.807, 2.05) is 195 Å². The molecule has 10 nitrogen and oxygen atoms in total. The summed E-state index contributed by atoms with van der Waals surface area (Å²) in [5.41, 5.74) is 20.3. The molecule has 0 bridgehead atoms. The van der Waals surface area contributed by atoms with Gasteiger partial charge in [0.1, 0.15) is 0 Å². The zero-order valence-corrected chi connectivity index (χ0v) is 88.4. The van der Waals surface area contributed by atoms with Gasteiger partial charge in [0.2, 0.25) is 0 Å². The van der Waals surface area contributed by atoms with E-state index in [9.17, 15) is 10.8 Å². The molecule has 4 aliphatic rings. The van der Waals surface area contributed by atoms with Gasteiger partial charge in [0, 0.05) is 11.2 Å². The minimum absolute atomic E-state index is 0. The number of amidine groups is 1. The van der Waals surface area contributed by atoms with Gasteiger partial charge in [0.25, 0.3) is 0 Å². The molecule has 12 heteroatoms. The van der Waals surface area contributed by atoms with Crippen molar-refractivity contribution in [3.63, 3.8) is 0 Å². The van der Waals surface area contributed by atoms with Gasteiger partial charge >= 0.3 is 51.7 Å². The van der Waals surface area contributed by atoms with Crippen LogP contribution in [0.4, 0.5) is 0 Å². The van der Waals surface area contributed by atoms with Crippen molar-refractivity contribution in [2.45, 2.75) is 318 Å². The van der Waals surface area contributed by atoms with E-state index in [-0.39, 0.29) is 62.9 Å². The molecule has 2 heterocycles. The molecular formula is C116H154Hf2N10. The first kappa shape index (κ1) is 109. The number of para-hydroxylation sites is 4. The van der Waals surface area contributed by atoms with E-state index in [1.165, 1.54) is 173 Å². The van der Waals surface area contributed by atoms with Crippen LogP contribution >= 0.6 is 0 Å². The molecule has 0 spiro atoms. The topological polar surface area (TPSA) is 116 Å². The number of rotatable bonds is 16. The standard InChI is InChI=1S/2C27H36N3.C14H25N2.C13H22N2.5C7H7.2Hf/c2*1-17(2)21-11-9-12-22(18(3)4)25(21)29-15-16-30(27(29)28)26-23(19(5)6)13-10-14-24(26)20(7)8;1-12(15-13-8-4-2-5-9-13)16-14-10-6-3-7-11-14;1-3-7-12(8-4-1)14-11-15-13-9-5-2-6-10-13;5*1-7-5-3-2-4-6-7;;/h2*9-20H,1-8H3;13-14H,2-11H2,1H3;12-13H,1-10H2;5*2-6H,1H2;;/q3*-1;;5*-1;2*+4. The molecule has 4 fully saturated rings. The van der Waals surface area contributed by atoms with E-state index >= 15 is 0 Å². The molecule has 0 amide bonds. The van der Waals surface area contributed by atoms with E-state index in [1.54, 1.807) is 0 Å². The summed E-state index contributed by atoms with van der Waals surface area (Å²) >= 11 is 0. The van der Waals surface area contributed by atoms with E-state index in [0.29, 0.717) is 71.5 Å². The van der Waals surface area contributed by atoms with Crippen molar-refractivity contribution in [1.29, 1.82) is 0 Å². The molecule has 0 radical (unpaired) electrons. The largest absolute Gasteiger partial charge is 4.00 e.